The molecule has 1 saturated carbocycles. The number of benzene rings is 2. The number of rotatable bonds is 10. The van der Waals surface area contributed by atoms with Crippen LogP contribution in [0.15, 0.2) is 56.6 Å². The fraction of sp³-hybridized carbons (Fsp3) is 0.457. The predicted molar refractivity (Wildman–Crippen MR) is 182 cm³/mol. The predicted octanol–water partition coefficient (Wildman–Crippen LogP) is 4.90. The van der Waals surface area contributed by atoms with E-state index in [2.05, 4.69) is 24.7 Å². The third-order valence-electron chi connectivity index (χ3n) is 9.23. The van der Waals surface area contributed by atoms with Gasteiger partial charge in [0, 0.05) is 23.6 Å². The number of aliphatic hydroxyl groups is 1. The van der Waals surface area contributed by atoms with Gasteiger partial charge in [0.1, 0.15) is 11.6 Å². The number of hydrogen-bond donors (Lipinski definition) is 2. The van der Waals surface area contributed by atoms with E-state index >= 15 is 4.39 Å². The number of fused-ring (bicyclic) bond motifs is 1. The quantitative estimate of drug-likeness (QED) is 0.198. The van der Waals surface area contributed by atoms with E-state index in [-0.39, 0.29) is 87.4 Å². The van der Waals surface area contributed by atoms with Crippen LogP contribution in [-0.2, 0) is 17.6 Å². The van der Waals surface area contributed by atoms with Crippen molar-refractivity contribution >= 4 is 57.2 Å². The van der Waals surface area contributed by atoms with Crippen LogP contribution in [0.2, 0.25) is 0 Å². The summed E-state index contributed by atoms with van der Waals surface area (Å²) in [5, 5.41) is 18.8. The number of aromatic nitrogens is 6. The third kappa shape index (κ3) is 7.52. The van der Waals surface area contributed by atoms with Crippen LogP contribution in [-0.4, -0.2) is 104 Å². The maximum atomic E-state index is 15.9. The van der Waals surface area contributed by atoms with Crippen molar-refractivity contribution in [2.45, 2.75) is 103 Å². The van der Waals surface area contributed by atoms with Gasteiger partial charge in [0.05, 0.1) is 23.5 Å². The van der Waals surface area contributed by atoms with Crippen molar-refractivity contribution in [2.75, 3.05) is 0 Å². The normalized spacial score (nSPS) is 17.4. The van der Waals surface area contributed by atoms with E-state index in [1.807, 2.05) is 39.0 Å². The molecule has 1 aliphatic carbocycles. The molecule has 0 bridgehead atoms. The Morgan fingerprint density at radius 2 is 1.83 bits per heavy atom. The first kappa shape index (κ1) is 36.5. The molecule has 1 fully saturated rings. The van der Waals surface area contributed by atoms with E-state index in [1.54, 1.807) is 41.1 Å². The first-order chi connectivity index (χ1) is 22.4. The van der Waals surface area contributed by atoms with E-state index in [0.29, 0.717) is 58.7 Å². The first-order valence-corrected chi connectivity index (χ1v) is 16.3. The Balaban J connectivity index is 0.00000451. The SMILES string of the molecule is CCCc1c(Cc2ccc(-c3ccccc3-c3noc(=O)[nH]3)cc2F)c(=O)n(C2CCC(OC(C)C(C)(C)O)CC2)c2nc(C)nn12.[KH]. The van der Waals surface area contributed by atoms with Gasteiger partial charge in [-0.05, 0) is 82.6 Å². The minimum atomic E-state index is -0.947. The van der Waals surface area contributed by atoms with Gasteiger partial charge in [0.15, 0.2) is 5.82 Å². The van der Waals surface area contributed by atoms with Crippen LogP contribution in [0.1, 0.15) is 88.5 Å². The van der Waals surface area contributed by atoms with Crippen molar-refractivity contribution in [1.29, 1.82) is 0 Å². The second kappa shape index (κ2) is 15.0. The summed E-state index contributed by atoms with van der Waals surface area (Å²) in [5.74, 6) is 0.195. The number of aryl methyl sites for hydroxylation is 2. The number of halogens is 1. The van der Waals surface area contributed by atoms with Crippen molar-refractivity contribution in [1.82, 2.24) is 29.3 Å². The summed E-state index contributed by atoms with van der Waals surface area (Å²) in [7, 11) is 0. The molecule has 6 rings (SSSR count). The van der Waals surface area contributed by atoms with Gasteiger partial charge in [-0.25, -0.2) is 13.7 Å². The molecule has 2 N–H and O–H groups in total. The number of H-pyrrole nitrogens is 1. The fourth-order valence-electron chi connectivity index (χ4n) is 6.46. The molecule has 48 heavy (non-hydrogen) atoms. The molecule has 3 heterocycles. The van der Waals surface area contributed by atoms with E-state index in [9.17, 15) is 14.7 Å². The molecule has 5 aromatic rings. The van der Waals surface area contributed by atoms with E-state index in [4.69, 9.17) is 4.74 Å². The Morgan fingerprint density at radius 1 is 1.12 bits per heavy atom. The minimum absolute atomic E-state index is 0. The molecule has 0 aliphatic heterocycles. The van der Waals surface area contributed by atoms with Crippen molar-refractivity contribution in [3.8, 4) is 22.5 Å². The van der Waals surface area contributed by atoms with Gasteiger partial charge in [-0.15, -0.1) is 0 Å². The molecular weight excluding hydrogens is 643 g/mol. The number of hydrogen-bond acceptors (Lipinski definition) is 8. The Labute approximate surface area is 320 Å². The summed E-state index contributed by atoms with van der Waals surface area (Å²) in [6, 6.07) is 12.1. The zero-order chi connectivity index (χ0) is 33.5. The molecule has 250 valence electrons. The number of nitrogens with zero attached hydrogens (tertiary/aromatic N) is 5. The van der Waals surface area contributed by atoms with Crippen molar-refractivity contribution in [3.63, 3.8) is 0 Å². The van der Waals surface area contributed by atoms with Crippen molar-refractivity contribution < 1.29 is 18.8 Å². The molecule has 0 radical (unpaired) electrons. The Bertz CT molecular complexity index is 2020. The Hall–Kier alpha value is -2.78. The van der Waals surface area contributed by atoms with Crippen LogP contribution in [0, 0.1) is 12.7 Å². The summed E-state index contributed by atoms with van der Waals surface area (Å²) in [6.07, 6.45) is 4.00. The molecule has 3 aromatic heterocycles. The number of ether oxygens (including phenoxy) is 1. The molecule has 0 saturated heterocycles. The molecule has 0 spiro atoms. The summed E-state index contributed by atoms with van der Waals surface area (Å²) < 4.78 is 30.3. The molecule has 1 unspecified atom stereocenters. The Morgan fingerprint density at radius 3 is 2.46 bits per heavy atom. The van der Waals surface area contributed by atoms with Crippen LogP contribution in [0.25, 0.3) is 28.3 Å². The number of nitrogens with one attached hydrogen (secondary N) is 1. The fourth-order valence-corrected chi connectivity index (χ4v) is 6.46. The van der Waals surface area contributed by atoms with Gasteiger partial charge >= 0.3 is 57.1 Å². The van der Waals surface area contributed by atoms with Crippen LogP contribution in [0.3, 0.4) is 0 Å². The van der Waals surface area contributed by atoms with E-state index in [1.165, 1.54) is 6.07 Å². The second-order valence-corrected chi connectivity index (χ2v) is 13.1. The van der Waals surface area contributed by atoms with Gasteiger partial charge in [0.2, 0.25) is 5.78 Å². The zero-order valence-electron chi connectivity index (χ0n) is 27.4. The average Bonchev–Trinajstić information content (AvgIpc) is 3.65. The Kier molecular flexibility index (Phi) is 11.4. The first-order valence-electron chi connectivity index (χ1n) is 16.3. The summed E-state index contributed by atoms with van der Waals surface area (Å²) in [6.45, 7) is 9.20. The summed E-state index contributed by atoms with van der Waals surface area (Å²) in [5.41, 5.74) is 2.37. The van der Waals surface area contributed by atoms with Crippen molar-refractivity contribution in [3.05, 3.63) is 91.8 Å². The monoisotopic (exact) mass is 684 g/mol. The summed E-state index contributed by atoms with van der Waals surface area (Å²) >= 11 is 0. The van der Waals surface area contributed by atoms with Gasteiger partial charge in [-0.3, -0.25) is 18.9 Å². The maximum absolute atomic E-state index is 15.9. The van der Waals surface area contributed by atoms with Gasteiger partial charge in [-0.1, -0.05) is 54.9 Å². The van der Waals surface area contributed by atoms with Crippen LogP contribution in [0.4, 0.5) is 4.39 Å². The third-order valence-corrected chi connectivity index (χ3v) is 9.23. The van der Waals surface area contributed by atoms with Gasteiger partial charge in [-0.2, -0.15) is 10.1 Å². The molecular formula is C35H42FKN6O5. The van der Waals surface area contributed by atoms with Crippen molar-refractivity contribution in [2.24, 2.45) is 0 Å². The van der Waals surface area contributed by atoms with Gasteiger partial charge in [0.25, 0.3) is 5.56 Å². The second-order valence-electron chi connectivity index (χ2n) is 13.1. The van der Waals surface area contributed by atoms with Gasteiger partial charge < -0.3 is 9.84 Å². The van der Waals surface area contributed by atoms with E-state index in [0.717, 1.165) is 25.0 Å². The van der Waals surface area contributed by atoms with Crippen LogP contribution >= 0.6 is 0 Å². The van der Waals surface area contributed by atoms with E-state index < -0.39 is 17.2 Å². The molecule has 11 nitrogen and oxygen atoms in total. The molecule has 2 aromatic carbocycles. The molecule has 0 amide bonds. The molecule has 13 heteroatoms. The van der Waals surface area contributed by atoms with Crippen LogP contribution < -0.4 is 11.3 Å². The zero-order valence-corrected chi connectivity index (χ0v) is 27.4. The number of aromatic amines is 1. The standard InChI is InChI=1S/C35H41FN6O5.K.H/c1-6-9-30-28(18-23-13-12-22(19-29(23)36)26-10-7-8-11-27(26)31-38-34(44)47-40-31)32(43)41(33-37-21(3)39-42(30)33)24-14-16-25(17-15-24)46-20(2)35(4,5)45;;/h7-8,10-13,19-20,24-25,45H,6,9,14-18H2,1-5H3,(H,38,40,44);;. The molecule has 1 aliphatic rings. The summed E-state index contributed by atoms with van der Waals surface area (Å²) in [4.78, 5) is 33.3. The van der Waals surface area contributed by atoms with Crippen LogP contribution in [0.5, 0.6) is 0 Å². The average molecular weight is 685 g/mol. The molecule has 1 atom stereocenters. The topological polar surface area (TPSA) is 141 Å².